The summed E-state index contributed by atoms with van der Waals surface area (Å²) < 4.78 is 0. The highest BCUT2D eigenvalue weighted by molar-refractivity contribution is 7.22. The Bertz CT molecular complexity index is 1080. The molecule has 4 rings (SSSR count). The normalized spacial score (nSPS) is 17.5. The molecule has 0 radical (unpaired) electrons. The van der Waals surface area contributed by atoms with Crippen LogP contribution in [0.25, 0.3) is 10.2 Å². The number of nitrogens with zero attached hydrogens (tertiary/aromatic N) is 1. The van der Waals surface area contributed by atoms with Gasteiger partial charge >= 0.3 is 0 Å². The van der Waals surface area contributed by atoms with Crippen molar-refractivity contribution in [2.75, 3.05) is 5.73 Å². The number of hydrogen-bond donors (Lipinski definition) is 1. The van der Waals surface area contributed by atoms with Crippen molar-refractivity contribution in [1.29, 1.82) is 0 Å². The molecule has 1 aliphatic rings. The topological polar surface area (TPSA) is 56.0 Å². The monoisotopic (exact) mass is 426 g/mol. The van der Waals surface area contributed by atoms with Crippen molar-refractivity contribution in [1.82, 2.24) is 4.98 Å². The Morgan fingerprint density at radius 3 is 2.52 bits per heavy atom. The fourth-order valence-corrected chi connectivity index (χ4v) is 6.39. The molecule has 3 heterocycles. The Balaban J connectivity index is 1.96. The first-order valence-electron chi connectivity index (χ1n) is 10.3. The molecule has 1 atom stereocenters. The molecule has 3 aromatic heterocycles. The lowest BCUT2D eigenvalue weighted by molar-refractivity contribution is 0.104. The molecule has 1 aliphatic carbocycles. The number of nitrogen functional groups attached to an aromatic ring is 1. The van der Waals surface area contributed by atoms with Crippen LogP contribution in [0.5, 0.6) is 0 Å². The van der Waals surface area contributed by atoms with E-state index in [4.69, 9.17) is 10.7 Å². The van der Waals surface area contributed by atoms with Crippen molar-refractivity contribution >= 4 is 44.4 Å². The number of thiophene rings is 2. The summed E-state index contributed by atoms with van der Waals surface area (Å²) in [5.74, 6) is 0.647. The smallest absolute Gasteiger partial charge is 0.215 e. The molecule has 0 fully saturated rings. The van der Waals surface area contributed by atoms with Gasteiger partial charge in [0.2, 0.25) is 5.78 Å². The summed E-state index contributed by atoms with van der Waals surface area (Å²) in [6.45, 7) is 13.8. The van der Waals surface area contributed by atoms with E-state index >= 15 is 0 Å². The molecule has 1 unspecified atom stereocenters. The number of aromatic nitrogens is 1. The summed E-state index contributed by atoms with van der Waals surface area (Å²) >= 11 is 2.92. The molecule has 3 nitrogen and oxygen atoms in total. The summed E-state index contributed by atoms with van der Waals surface area (Å²) in [5, 5.41) is 2.94. The molecule has 5 heteroatoms. The van der Waals surface area contributed by atoms with E-state index < -0.39 is 0 Å². The number of ketones is 1. The van der Waals surface area contributed by atoms with Crippen LogP contribution < -0.4 is 5.73 Å². The maximum absolute atomic E-state index is 13.1. The van der Waals surface area contributed by atoms with Gasteiger partial charge in [-0.25, -0.2) is 4.98 Å². The van der Waals surface area contributed by atoms with E-state index in [1.54, 1.807) is 0 Å². The Morgan fingerprint density at radius 1 is 1.21 bits per heavy atom. The van der Waals surface area contributed by atoms with E-state index in [9.17, 15) is 4.79 Å². The van der Waals surface area contributed by atoms with Crippen LogP contribution in [0.15, 0.2) is 17.5 Å². The van der Waals surface area contributed by atoms with Crippen LogP contribution in [0, 0.1) is 11.3 Å². The van der Waals surface area contributed by atoms with Crippen molar-refractivity contribution in [2.45, 2.75) is 66.2 Å². The lowest BCUT2D eigenvalue weighted by Crippen LogP contribution is -2.30. The Morgan fingerprint density at radius 2 is 1.93 bits per heavy atom. The van der Waals surface area contributed by atoms with Crippen molar-refractivity contribution in [3.8, 4) is 0 Å². The summed E-state index contributed by atoms with van der Waals surface area (Å²) in [6, 6.07) is 3.78. The second-order valence-electron chi connectivity index (χ2n) is 10.3. The van der Waals surface area contributed by atoms with Crippen molar-refractivity contribution in [3.05, 3.63) is 44.1 Å². The summed E-state index contributed by atoms with van der Waals surface area (Å²) in [5.41, 5.74) is 11.3. The minimum absolute atomic E-state index is 0.0194. The first-order valence-corrected chi connectivity index (χ1v) is 12.0. The fourth-order valence-electron chi connectivity index (χ4n) is 4.58. The molecule has 0 saturated heterocycles. The number of carbonyl (C=O) groups excluding carboxylic acids is 1. The third kappa shape index (κ3) is 3.53. The highest BCUT2D eigenvalue weighted by atomic mass is 32.1. The minimum Gasteiger partial charge on any atom is -0.397 e. The summed E-state index contributed by atoms with van der Waals surface area (Å²) in [4.78, 5) is 20.4. The number of fused-ring (bicyclic) bond motifs is 2. The van der Waals surface area contributed by atoms with Gasteiger partial charge in [-0.3, -0.25) is 4.79 Å². The highest BCUT2D eigenvalue weighted by Crippen LogP contribution is 2.47. The second-order valence-corrected chi connectivity index (χ2v) is 12.2. The average molecular weight is 427 g/mol. The van der Waals surface area contributed by atoms with Gasteiger partial charge in [-0.2, -0.15) is 0 Å². The number of aryl methyl sites for hydroxylation is 1. The molecule has 2 N–H and O–H groups in total. The van der Waals surface area contributed by atoms with Crippen LogP contribution >= 0.6 is 22.7 Å². The van der Waals surface area contributed by atoms with E-state index in [-0.39, 0.29) is 16.6 Å². The zero-order valence-electron chi connectivity index (χ0n) is 18.2. The molecule has 0 amide bonds. The summed E-state index contributed by atoms with van der Waals surface area (Å²) in [6.07, 6.45) is 3.21. The van der Waals surface area contributed by atoms with Crippen LogP contribution in [-0.4, -0.2) is 10.8 Å². The van der Waals surface area contributed by atoms with Crippen LogP contribution in [0.1, 0.15) is 79.3 Å². The van der Waals surface area contributed by atoms with Gasteiger partial charge in [0.1, 0.15) is 9.71 Å². The molecular formula is C24H30N2OS2. The number of rotatable bonds is 2. The molecular weight excluding hydrogens is 396 g/mol. The molecule has 0 aliphatic heterocycles. The number of pyridine rings is 1. The lowest BCUT2D eigenvalue weighted by atomic mass is 9.68. The highest BCUT2D eigenvalue weighted by Gasteiger charge is 2.35. The van der Waals surface area contributed by atoms with Crippen LogP contribution in [-0.2, 0) is 18.3 Å². The van der Waals surface area contributed by atoms with Gasteiger partial charge in [0.15, 0.2) is 0 Å². The largest absolute Gasteiger partial charge is 0.397 e. The van der Waals surface area contributed by atoms with Crippen molar-refractivity contribution in [3.63, 3.8) is 0 Å². The average Bonchev–Trinajstić information content (AvgIpc) is 3.26. The number of hydrogen-bond acceptors (Lipinski definition) is 5. The fraction of sp³-hybridized carbons (Fsp3) is 0.500. The minimum atomic E-state index is -0.0660. The third-order valence-corrected chi connectivity index (χ3v) is 8.14. The van der Waals surface area contributed by atoms with Gasteiger partial charge in [-0.15, -0.1) is 22.7 Å². The first kappa shape index (κ1) is 20.5. The predicted molar refractivity (Wildman–Crippen MR) is 125 cm³/mol. The quantitative estimate of drug-likeness (QED) is 0.468. The van der Waals surface area contributed by atoms with E-state index in [0.717, 1.165) is 27.9 Å². The van der Waals surface area contributed by atoms with Crippen LogP contribution in [0.4, 0.5) is 5.69 Å². The van der Waals surface area contributed by atoms with Gasteiger partial charge in [-0.1, -0.05) is 47.6 Å². The zero-order chi connectivity index (χ0) is 21.1. The van der Waals surface area contributed by atoms with Gasteiger partial charge in [-0.05, 0) is 58.6 Å². The standard InChI is InChI=1S/C24H30N2OS2/c1-23(2,3)13-9-10-15-14(12-13)18(24(4,5)6)17-19(25)21(29-22(17)26-15)20(27)16-8-7-11-28-16/h7-8,11,13H,9-10,12,25H2,1-6H3. The number of carbonyl (C=O) groups is 1. The third-order valence-electron chi connectivity index (χ3n) is 6.17. The van der Waals surface area contributed by atoms with E-state index in [0.29, 0.717) is 16.5 Å². The summed E-state index contributed by atoms with van der Waals surface area (Å²) in [7, 11) is 0. The zero-order valence-corrected chi connectivity index (χ0v) is 19.8. The maximum Gasteiger partial charge on any atom is 0.215 e. The number of anilines is 1. The molecule has 0 spiro atoms. The Labute approximate surface area is 181 Å². The molecule has 29 heavy (non-hydrogen) atoms. The first-order chi connectivity index (χ1) is 13.5. The Kier molecular flexibility index (Phi) is 4.90. The molecule has 0 bridgehead atoms. The van der Waals surface area contributed by atoms with E-state index in [2.05, 4.69) is 41.5 Å². The van der Waals surface area contributed by atoms with Crippen LogP contribution in [0.2, 0.25) is 0 Å². The van der Waals surface area contributed by atoms with Crippen molar-refractivity contribution < 1.29 is 4.79 Å². The maximum atomic E-state index is 13.1. The van der Waals surface area contributed by atoms with Gasteiger partial charge in [0.05, 0.1) is 10.6 Å². The van der Waals surface area contributed by atoms with Gasteiger partial charge < -0.3 is 5.73 Å². The van der Waals surface area contributed by atoms with Gasteiger partial charge in [0.25, 0.3) is 0 Å². The molecule has 0 saturated carbocycles. The van der Waals surface area contributed by atoms with E-state index in [1.807, 2.05) is 17.5 Å². The lowest BCUT2D eigenvalue weighted by Gasteiger charge is -2.37. The van der Waals surface area contributed by atoms with E-state index in [1.165, 1.54) is 45.9 Å². The SMILES string of the molecule is CC(C)(C)c1c2c(nc3sc(C(=O)c4cccs4)c(N)c13)CCC(C(C)(C)C)C2. The second kappa shape index (κ2) is 6.92. The van der Waals surface area contributed by atoms with Crippen molar-refractivity contribution in [2.24, 2.45) is 11.3 Å². The predicted octanol–water partition coefficient (Wildman–Crippen LogP) is 6.62. The Hall–Kier alpha value is -1.72. The molecule has 154 valence electrons. The van der Waals surface area contributed by atoms with Crippen LogP contribution in [0.3, 0.4) is 0 Å². The molecule has 0 aromatic carbocycles. The van der Waals surface area contributed by atoms with Gasteiger partial charge in [0, 0.05) is 11.1 Å². The molecule has 3 aromatic rings. The number of nitrogens with two attached hydrogens (primary N) is 1.